The molecule has 176 valence electrons. The number of aliphatic carboxylic acids is 1. The third kappa shape index (κ3) is 6.55. The number of carboxylic acids is 1. The van der Waals surface area contributed by atoms with E-state index in [9.17, 15) is 14.4 Å². The maximum absolute atomic E-state index is 12.1. The van der Waals surface area contributed by atoms with E-state index in [4.69, 9.17) is 14.6 Å². The molecule has 2 amide bonds. The molecule has 0 bridgehead atoms. The number of carboxylic acid groups (broad SMARTS) is 1. The van der Waals surface area contributed by atoms with Crippen LogP contribution in [0.15, 0.2) is 48.5 Å². The van der Waals surface area contributed by atoms with Gasteiger partial charge in [0.2, 0.25) is 5.91 Å². The summed E-state index contributed by atoms with van der Waals surface area (Å²) in [5.74, 6) is -1.47. The molecule has 0 heterocycles. The molecule has 0 aromatic heterocycles. The summed E-state index contributed by atoms with van der Waals surface area (Å²) in [6.07, 6.45) is -0.225. The Morgan fingerprint density at radius 2 is 1.61 bits per heavy atom. The van der Waals surface area contributed by atoms with Crippen LogP contribution in [0.5, 0.6) is 0 Å². The number of nitrogens with one attached hydrogen (secondary N) is 2. The van der Waals surface area contributed by atoms with Gasteiger partial charge in [0, 0.05) is 12.5 Å². The van der Waals surface area contributed by atoms with E-state index in [1.54, 1.807) is 0 Å². The molecular weight excluding hydrogens is 424 g/mol. The van der Waals surface area contributed by atoms with Gasteiger partial charge in [0.05, 0.1) is 6.61 Å². The van der Waals surface area contributed by atoms with Crippen LogP contribution in [0.4, 0.5) is 4.79 Å². The van der Waals surface area contributed by atoms with Gasteiger partial charge in [0.25, 0.3) is 0 Å². The number of ether oxygens (including phenoxy) is 2. The van der Waals surface area contributed by atoms with Gasteiger partial charge in [-0.3, -0.25) is 4.79 Å². The van der Waals surface area contributed by atoms with Crippen molar-refractivity contribution in [1.82, 2.24) is 10.6 Å². The number of fused-ring (bicyclic) bond motifs is 3. The summed E-state index contributed by atoms with van der Waals surface area (Å²) < 4.78 is 10.7. The second kappa shape index (κ2) is 11.5. The van der Waals surface area contributed by atoms with Crippen molar-refractivity contribution in [3.8, 4) is 11.1 Å². The highest BCUT2D eigenvalue weighted by Gasteiger charge is 2.29. The lowest BCUT2D eigenvalue weighted by molar-refractivity contribution is -0.143. The molecule has 1 aliphatic rings. The Labute approximate surface area is 193 Å². The molecule has 0 spiro atoms. The number of amides is 2. The zero-order chi connectivity index (χ0) is 23.8. The minimum absolute atomic E-state index is 0.0175. The lowest BCUT2D eigenvalue weighted by Crippen LogP contribution is -2.43. The molecule has 1 unspecified atom stereocenters. The summed E-state index contributed by atoms with van der Waals surface area (Å²) in [4.78, 5) is 35.2. The molecule has 8 heteroatoms. The Bertz CT molecular complexity index is 945. The highest BCUT2D eigenvalue weighted by molar-refractivity contribution is 5.84. The fourth-order valence-corrected chi connectivity index (χ4v) is 3.97. The topological polar surface area (TPSA) is 114 Å². The number of benzene rings is 2. The SMILES string of the molecule is CC(C)CC(NC(=O)COCCNC(=O)OCC1c2ccccc2-c2ccccc21)C(=O)O. The van der Waals surface area contributed by atoms with Crippen LogP contribution in [-0.2, 0) is 19.1 Å². The Kier molecular flexibility index (Phi) is 8.43. The van der Waals surface area contributed by atoms with Crippen molar-refractivity contribution in [1.29, 1.82) is 0 Å². The van der Waals surface area contributed by atoms with Crippen LogP contribution in [0.2, 0.25) is 0 Å². The first-order valence-corrected chi connectivity index (χ1v) is 11.1. The molecule has 0 fully saturated rings. The van der Waals surface area contributed by atoms with Crippen LogP contribution >= 0.6 is 0 Å². The van der Waals surface area contributed by atoms with Crippen molar-refractivity contribution in [3.05, 3.63) is 59.7 Å². The fourth-order valence-electron chi connectivity index (χ4n) is 3.97. The average Bonchev–Trinajstić information content (AvgIpc) is 3.10. The number of rotatable bonds is 11. The normalized spacial score (nSPS) is 13.2. The van der Waals surface area contributed by atoms with Gasteiger partial charge in [-0.1, -0.05) is 62.4 Å². The standard InChI is InChI=1S/C25H30N2O6/c1-16(2)13-22(24(29)30)27-23(28)15-32-12-11-26-25(31)33-14-21-19-9-5-3-7-17(19)18-8-4-6-10-20(18)21/h3-10,16,21-22H,11-15H2,1-2H3,(H,26,31)(H,27,28)(H,29,30). The molecule has 0 radical (unpaired) electrons. The summed E-state index contributed by atoms with van der Waals surface area (Å²) in [7, 11) is 0. The van der Waals surface area contributed by atoms with Gasteiger partial charge in [-0.15, -0.1) is 0 Å². The van der Waals surface area contributed by atoms with Crippen molar-refractivity contribution in [2.24, 2.45) is 5.92 Å². The van der Waals surface area contributed by atoms with Gasteiger partial charge in [-0.25, -0.2) is 9.59 Å². The number of hydrogen-bond donors (Lipinski definition) is 3. The van der Waals surface area contributed by atoms with Crippen molar-refractivity contribution >= 4 is 18.0 Å². The summed E-state index contributed by atoms with van der Waals surface area (Å²) in [5, 5.41) is 14.2. The fraction of sp³-hybridized carbons (Fsp3) is 0.400. The van der Waals surface area contributed by atoms with E-state index in [-0.39, 0.29) is 38.2 Å². The smallest absolute Gasteiger partial charge is 0.407 e. The molecule has 2 aromatic carbocycles. The Hall–Kier alpha value is -3.39. The second-order valence-corrected chi connectivity index (χ2v) is 8.39. The second-order valence-electron chi connectivity index (χ2n) is 8.39. The first-order chi connectivity index (χ1) is 15.9. The third-order valence-electron chi connectivity index (χ3n) is 5.43. The van der Waals surface area contributed by atoms with E-state index in [0.29, 0.717) is 6.42 Å². The highest BCUT2D eigenvalue weighted by Crippen LogP contribution is 2.44. The largest absolute Gasteiger partial charge is 0.480 e. The Morgan fingerprint density at radius 3 is 2.18 bits per heavy atom. The molecule has 0 saturated heterocycles. The molecule has 1 atom stereocenters. The first-order valence-electron chi connectivity index (χ1n) is 11.1. The quantitative estimate of drug-likeness (QED) is 0.450. The maximum Gasteiger partial charge on any atom is 0.407 e. The van der Waals surface area contributed by atoms with Crippen molar-refractivity contribution in [2.45, 2.75) is 32.2 Å². The number of carbonyl (C=O) groups excluding carboxylic acids is 2. The summed E-state index contributed by atoms with van der Waals surface area (Å²) in [5.41, 5.74) is 4.59. The van der Waals surface area contributed by atoms with Gasteiger partial charge in [0.1, 0.15) is 19.3 Å². The van der Waals surface area contributed by atoms with E-state index in [2.05, 4.69) is 34.9 Å². The van der Waals surface area contributed by atoms with Gasteiger partial charge >= 0.3 is 12.1 Å². The lowest BCUT2D eigenvalue weighted by atomic mass is 9.98. The monoisotopic (exact) mass is 454 g/mol. The number of carbonyl (C=O) groups is 3. The molecule has 3 rings (SSSR count). The first kappa shape index (κ1) is 24.3. The van der Waals surface area contributed by atoms with Crippen LogP contribution in [0.3, 0.4) is 0 Å². The van der Waals surface area contributed by atoms with Crippen molar-refractivity contribution in [3.63, 3.8) is 0 Å². The summed E-state index contributed by atoms with van der Waals surface area (Å²) in [6.45, 7) is 3.96. The van der Waals surface area contributed by atoms with Crippen LogP contribution < -0.4 is 10.6 Å². The molecule has 0 aliphatic heterocycles. The lowest BCUT2D eigenvalue weighted by Gasteiger charge is -2.16. The highest BCUT2D eigenvalue weighted by atomic mass is 16.5. The van der Waals surface area contributed by atoms with E-state index >= 15 is 0 Å². The van der Waals surface area contributed by atoms with E-state index in [1.807, 2.05) is 38.1 Å². The number of alkyl carbamates (subject to hydrolysis) is 1. The van der Waals surface area contributed by atoms with E-state index in [0.717, 1.165) is 22.3 Å². The van der Waals surface area contributed by atoms with E-state index in [1.165, 1.54) is 0 Å². The molecule has 33 heavy (non-hydrogen) atoms. The maximum atomic E-state index is 12.1. The van der Waals surface area contributed by atoms with Crippen LogP contribution in [0.25, 0.3) is 11.1 Å². The van der Waals surface area contributed by atoms with Crippen LogP contribution in [0, 0.1) is 5.92 Å². The minimum atomic E-state index is -1.08. The predicted octanol–water partition coefficient (Wildman–Crippen LogP) is 3.16. The van der Waals surface area contributed by atoms with Crippen LogP contribution in [0.1, 0.15) is 37.3 Å². The van der Waals surface area contributed by atoms with Gasteiger partial charge < -0.3 is 25.2 Å². The van der Waals surface area contributed by atoms with Gasteiger partial charge in [0.15, 0.2) is 0 Å². The van der Waals surface area contributed by atoms with Crippen LogP contribution in [-0.4, -0.2) is 55.5 Å². The summed E-state index contributed by atoms with van der Waals surface area (Å²) >= 11 is 0. The molecule has 1 aliphatic carbocycles. The summed E-state index contributed by atoms with van der Waals surface area (Å²) in [6, 6.07) is 15.3. The Balaban J connectivity index is 1.37. The predicted molar refractivity (Wildman–Crippen MR) is 123 cm³/mol. The minimum Gasteiger partial charge on any atom is -0.480 e. The zero-order valence-electron chi connectivity index (χ0n) is 18.9. The molecule has 3 N–H and O–H groups in total. The van der Waals surface area contributed by atoms with Gasteiger partial charge in [-0.05, 0) is 34.6 Å². The molecule has 8 nitrogen and oxygen atoms in total. The average molecular weight is 455 g/mol. The molecule has 0 saturated carbocycles. The van der Waals surface area contributed by atoms with Crippen molar-refractivity contribution < 1.29 is 29.0 Å². The number of hydrogen-bond acceptors (Lipinski definition) is 5. The molecular formula is C25H30N2O6. The third-order valence-corrected chi connectivity index (χ3v) is 5.43. The molecule has 2 aromatic rings. The van der Waals surface area contributed by atoms with E-state index < -0.39 is 24.0 Å². The zero-order valence-corrected chi connectivity index (χ0v) is 18.9. The van der Waals surface area contributed by atoms with Crippen molar-refractivity contribution in [2.75, 3.05) is 26.4 Å². The Morgan fingerprint density at radius 1 is 1.00 bits per heavy atom. The van der Waals surface area contributed by atoms with Gasteiger partial charge in [-0.2, -0.15) is 0 Å².